The smallest absolute Gasteiger partial charge is 0.251 e. The quantitative estimate of drug-likeness (QED) is 0.775. The molecule has 0 atom stereocenters. The average Bonchev–Trinajstić information content (AvgIpc) is 2.69. The number of nitrogens with zero attached hydrogens (tertiary/aromatic N) is 1. The molecule has 4 nitrogen and oxygen atoms in total. The van der Waals surface area contributed by atoms with E-state index in [4.69, 9.17) is 5.73 Å². The molecule has 1 heterocycles. The Kier molecular flexibility index (Phi) is 2.21. The Bertz CT molecular complexity index is 493. The fourth-order valence-corrected chi connectivity index (χ4v) is 1.30. The van der Waals surface area contributed by atoms with Crippen LogP contribution in [0.2, 0.25) is 0 Å². The number of aromatic nitrogens is 2. The van der Waals surface area contributed by atoms with Crippen molar-refractivity contribution in [2.45, 2.75) is 0 Å². The van der Waals surface area contributed by atoms with Crippen LogP contribution in [0.5, 0.6) is 0 Å². The van der Waals surface area contributed by atoms with Gasteiger partial charge in [-0.05, 0) is 17.7 Å². The van der Waals surface area contributed by atoms with Crippen molar-refractivity contribution in [1.82, 2.24) is 10.2 Å². The minimum absolute atomic E-state index is 0.109. The molecule has 76 valence electrons. The van der Waals surface area contributed by atoms with Crippen LogP contribution in [-0.2, 0) is 0 Å². The maximum absolute atomic E-state index is 13.4. The number of halogens is 1. The zero-order valence-electron chi connectivity index (χ0n) is 7.70. The van der Waals surface area contributed by atoms with Gasteiger partial charge in [-0.3, -0.25) is 9.89 Å². The fraction of sp³-hybridized carbons (Fsp3) is 0. The topological polar surface area (TPSA) is 71.8 Å². The first kappa shape index (κ1) is 9.39. The molecule has 0 radical (unpaired) electrons. The average molecular weight is 205 g/mol. The van der Waals surface area contributed by atoms with Crippen LogP contribution in [0.4, 0.5) is 4.39 Å². The Morgan fingerprint density at radius 2 is 2.20 bits per heavy atom. The van der Waals surface area contributed by atoms with Crippen LogP contribution < -0.4 is 5.73 Å². The first-order chi connectivity index (χ1) is 7.18. The number of hydrogen-bond donors (Lipinski definition) is 2. The molecule has 0 aliphatic carbocycles. The summed E-state index contributed by atoms with van der Waals surface area (Å²) in [7, 11) is 0. The molecule has 2 rings (SSSR count). The lowest BCUT2D eigenvalue weighted by molar-refractivity contribution is 0.0996. The van der Waals surface area contributed by atoms with Crippen molar-refractivity contribution in [2.24, 2.45) is 5.73 Å². The van der Waals surface area contributed by atoms with Gasteiger partial charge in [-0.2, -0.15) is 5.10 Å². The van der Waals surface area contributed by atoms with Crippen LogP contribution in [-0.4, -0.2) is 16.1 Å². The van der Waals surface area contributed by atoms with Gasteiger partial charge >= 0.3 is 0 Å². The van der Waals surface area contributed by atoms with Gasteiger partial charge in [0, 0.05) is 11.8 Å². The SMILES string of the molecule is NC(=O)c1ccc(-c2cn[nH]c2)cc1F. The molecule has 0 aliphatic heterocycles. The molecule has 1 amide bonds. The highest BCUT2D eigenvalue weighted by Crippen LogP contribution is 2.20. The van der Waals surface area contributed by atoms with Gasteiger partial charge in [0.15, 0.2) is 0 Å². The third-order valence-electron chi connectivity index (χ3n) is 2.07. The summed E-state index contributed by atoms with van der Waals surface area (Å²) in [6.45, 7) is 0. The molecule has 0 spiro atoms. The second kappa shape index (κ2) is 3.53. The third-order valence-corrected chi connectivity index (χ3v) is 2.07. The van der Waals surface area contributed by atoms with E-state index in [1.54, 1.807) is 18.5 Å². The summed E-state index contributed by atoms with van der Waals surface area (Å²) >= 11 is 0. The lowest BCUT2D eigenvalue weighted by Gasteiger charge is -2.01. The van der Waals surface area contributed by atoms with Gasteiger partial charge in [-0.25, -0.2) is 4.39 Å². The van der Waals surface area contributed by atoms with Crippen molar-refractivity contribution in [3.05, 3.63) is 42.0 Å². The number of carbonyl (C=O) groups excluding carboxylic acids is 1. The fourth-order valence-electron chi connectivity index (χ4n) is 1.30. The van der Waals surface area contributed by atoms with E-state index in [0.29, 0.717) is 5.56 Å². The molecule has 15 heavy (non-hydrogen) atoms. The summed E-state index contributed by atoms with van der Waals surface area (Å²) in [4.78, 5) is 10.8. The molecule has 0 aliphatic rings. The van der Waals surface area contributed by atoms with E-state index >= 15 is 0 Å². The van der Waals surface area contributed by atoms with E-state index in [9.17, 15) is 9.18 Å². The van der Waals surface area contributed by atoms with Gasteiger partial charge in [0.1, 0.15) is 5.82 Å². The summed E-state index contributed by atoms with van der Waals surface area (Å²) in [5.41, 5.74) is 6.28. The Morgan fingerprint density at radius 1 is 1.40 bits per heavy atom. The predicted octanol–water partition coefficient (Wildman–Crippen LogP) is 1.31. The van der Waals surface area contributed by atoms with Crippen molar-refractivity contribution in [3.63, 3.8) is 0 Å². The number of nitrogens with one attached hydrogen (secondary N) is 1. The third kappa shape index (κ3) is 1.71. The standard InChI is InChI=1S/C10H8FN3O/c11-9-3-6(7-4-13-14-5-7)1-2-8(9)10(12)15/h1-5H,(H2,12,15)(H,13,14). The highest BCUT2D eigenvalue weighted by molar-refractivity contribution is 5.93. The summed E-state index contributed by atoms with van der Waals surface area (Å²) in [5, 5.41) is 6.37. The molecule has 0 saturated heterocycles. The first-order valence-electron chi connectivity index (χ1n) is 4.27. The van der Waals surface area contributed by atoms with Gasteiger partial charge < -0.3 is 5.73 Å². The zero-order valence-corrected chi connectivity index (χ0v) is 7.70. The molecule has 0 unspecified atom stereocenters. The van der Waals surface area contributed by atoms with E-state index in [-0.39, 0.29) is 5.56 Å². The van der Waals surface area contributed by atoms with Crippen LogP contribution in [0.1, 0.15) is 10.4 Å². The van der Waals surface area contributed by atoms with Gasteiger partial charge in [0.05, 0.1) is 11.8 Å². The maximum atomic E-state index is 13.4. The minimum Gasteiger partial charge on any atom is -0.366 e. The molecule has 5 heteroatoms. The summed E-state index contributed by atoms with van der Waals surface area (Å²) in [5.74, 6) is -1.40. The second-order valence-corrected chi connectivity index (χ2v) is 3.05. The van der Waals surface area contributed by atoms with E-state index in [1.165, 1.54) is 12.1 Å². The summed E-state index contributed by atoms with van der Waals surface area (Å²) < 4.78 is 13.4. The van der Waals surface area contributed by atoms with Crippen molar-refractivity contribution >= 4 is 5.91 Å². The molecule has 1 aromatic carbocycles. The Hall–Kier alpha value is -2.17. The highest BCUT2D eigenvalue weighted by atomic mass is 19.1. The monoisotopic (exact) mass is 205 g/mol. The summed E-state index contributed by atoms with van der Waals surface area (Å²) in [6.07, 6.45) is 3.21. The van der Waals surface area contributed by atoms with Gasteiger partial charge in [0.2, 0.25) is 0 Å². The van der Waals surface area contributed by atoms with Crippen LogP contribution in [0.3, 0.4) is 0 Å². The number of amides is 1. The van der Waals surface area contributed by atoms with Crippen molar-refractivity contribution in [1.29, 1.82) is 0 Å². The highest BCUT2D eigenvalue weighted by Gasteiger charge is 2.09. The molecular weight excluding hydrogens is 197 g/mol. The zero-order chi connectivity index (χ0) is 10.8. The number of H-pyrrole nitrogens is 1. The van der Waals surface area contributed by atoms with E-state index < -0.39 is 11.7 Å². The number of benzene rings is 1. The molecular formula is C10H8FN3O. The van der Waals surface area contributed by atoms with Crippen molar-refractivity contribution in [3.8, 4) is 11.1 Å². The minimum atomic E-state index is -0.772. The molecule has 1 aromatic heterocycles. The van der Waals surface area contributed by atoms with Gasteiger partial charge in [0.25, 0.3) is 5.91 Å². The Balaban J connectivity index is 2.47. The van der Waals surface area contributed by atoms with Gasteiger partial charge in [-0.1, -0.05) is 6.07 Å². The number of aromatic amines is 1. The number of nitrogens with two attached hydrogens (primary N) is 1. The second-order valence-electron chi connectivity index (χ2n) is 3.05. The van der Waals surface area contributed by atoms with Crippen molar-refractivity contribution < 1.29 is 9.18 Å². The molecule has 0 saturated carbocycles. The normalized spacial score (nSPS) is 10.2. The maximum Gasteiger partial charge on any atom is 0.251 e. The molecule has 2 aromatic rings. The number of rotatable bonds is 2. The largest absolute Gasteiger partial charge is 0.366 e. The van der Waals surface area contributed by atoms with Crippen LogP contribution in [0.25, 0.3) is 11.1 Å². The molecule has 3 N–H and O–H groups in total. The van der Waals surface area contributed by atoms with Crippen LogP contribution in [0.15, 0.2) is 30.6 Å². The Morgan fingerprint density at radius 3 is 2.73 bits per heavy atom. The van der Waals surface area contributed by atoms with E-state index in [0.717, 1.165) is 5.56 Å². The van der Waals surface area contributed by atoms with Crippen molar-refractivity contribution in [2.75, 3.05) is 0 Å². The number of carbonyl (C=O) groups is 1. The Labute approximate surface area is 84.9 Å². The number of primary amides is 1. The lowest BCUT2D eigenvalue weighted by Crippen LogP contribution is -2.12. The lowest BCUT2D eigenvalue weighted by atomic mass is 10.1. The van der Waals surface area contributed by atoms with E-state index in [2.05, 4.69) is 10.2 Å². The van der Waals surface area contributed by atoms with Crippen LogP contribution in [0, 0.1) is 5.82 Å². The first-order valence-corrected chi connectivity index (χ1v) is 4.27. The predicted molar refractivity (Wildman–Crippen MR) is 52.5 cm³/mol. The number of hydrogen-bond acceptors (Lipinski definition) is 2. The van der Waals surface area contributed by atoms with Gasteiger partial charge in [-0.15, -0.1) is 0 Å². The molecule has 0 fully saturated rings. The molecule has 0 bridgehead atoms. The van der Waals surface area contributed by atoms with E-state index in [1.807, 2.05) is 0 Å². The van der Waals surface area contributed by atoms with Crippen LogP contribution >= 0.6 is 0 Å². The summed E-state index contributed by atoms with van der Waals surface area (Å²) in [6, 6.07) is 4.24.